The van der Waals surface area contributed by atoms with Crippen LogP contribution in [0.4, 0.5) is 0 Å². The summed E-state index contributed by atoms with van der Waals surface area (Å²) < 4.78 is 0. The van der Waals surface area contributed by atoms with Gasteiger partial charge in [0.1, 0.15) is 12.9 Å². The summed E-state index contributed by atoms with van der Waals surface area (Å²) in [6.45, 7) is 5.00. The molecule has 0 aromatic rings. The molecule has 2 amide bonds. The third kappa shape index (κ3) is 1.59. The number of hydrogen-bond donors (Lipinski definition) is 0. The van der Waals surface area contributed by atoms with Gasteiger partial charge < -0.3 is 19.4 Å². The minimum Gasteiger partial charge on any atom is -0.399 e. The molecule has 0 radical (unpaired) electrons. The third-order valence-electron chi connectivity index (χ3n) is 3.03. The first-order valence-corrected chi connectivity index (χ1v) is 5.14. The van der Waals surface area contributed by atoms with E-state index in [9.17, 15) is 14.4 Å². The number of nitrogens with zero attached hydrogens (tertiary/aromatic N) is 3. The molecule has 1 aliphatic rings. The molecular formula is C11H15N3O4. The van der Waals surface area contributed by atoms with Gasteiger partial charge in [0.2, 0.25) is 5.41 Å². The quantitative estimate of drug-likeness (QED) is 0.296. The van der Waals surface area contributed by atoms with E-state index in [0.29, 0.717) is 0 Å². The van der Waals surface area contributed by atoms with Gasteiger partial charge in [-0.1, -0.05) is 11.7 Å². The first kappa shape index (κ1) is 13.9. The van der Waals surface area contributed by atoms with E-state index in [1.54, 1.807) is 0 Å². The Morgan fingerprint density at radius 2 is 1.78 bits per heavy atom. The average molecular weight is 253 g/mol. The normalized spacial score (nSPS) is 20.2. The molecule has 7 nitrogen and oxygen atoms in total. The molecule has 0 bridgehead atoms. The molecular weight excluding hydrogens is 238 g/mol. The van der Waals surface area contributed by atoms with E-state index in [1.807, 2.05) is 0 Å². The van der Waals surface area contributed by atoms with E-state index >= 15 is 0 Å². The lowest BCUT2D eigenvalue weighted by Crippen LogP contribution is -2.62. The fourth-order valence-electron chi connectivity index (χ4n) is 1.78. The zero-order valence-corrected chi connectivity index (χ0v) is 10.8. The van der Waals surface area contributed by atoms with Gasteiger partial charge in [-0.3, -0.25) is 9.59 Å². The van der Waals surface area contributed by atoms with Gasteiger partial charge in [-0.15, -0.1) is 0 Å². The van der Waals surface area contributed by atoms with Crippen molar-refractivity contribution in [2.75, 3.05) is 21.2 Å². The van der Waals surface area contributed by atoms with Crippen LogP contribution in [0.1, 0.15) is 6.92 Å². The van der Waals surface area contributed by atoms with Crippen molar-refractivity contribution in [1.82, 2.24) is 9.80 Å². The van der Waals surface area contributed by atoms with E-state index in [0.717, 1.165) is 9.80 Å². The largest absolute Gasteiger partial charge is 0.399 e. The first-order chi connectivity index (χ1) is 8.34. The lowest BCUT2D eigenvalue weighted by atomic mass is 9.80. The van der Waals surface area contributed by atoms with Gasteiger partial charge in [0.05, 0.1) is 5.71 Å². The minimum absolute atomic E-state index is 0.0128. The number of amides is 2. The van der Waals surface area contributed by atoms with Crippen LogP contribution in [0.15, 0.2) is 17.6 Å². The molecule has 0 aromatic carbocycles. The number of carbonyl (C=O) groups is 3. The Balaban J connectivity index is 3.46. The molecule has 1 heterocycles. The number of aldehydes is 1. The highest BCUT2D eigenvalue weighted by Crippen LogP contribution is 2.31. The number of hydrogen-bond acceptors (Lipinski definition) is 5. The Labute approximate surface area is 105 Å². The summed E-state index contributed by atoms with van der Waals surface area (Å²) in [5.74, 6) is -1.18. The summed E-state index contributed by atoms with van der Waals surface area (Å²) in [5.41, 5.74) is -1.98. The molecule has 0 aromatic heterocycles. The van der Waals surface area contributed by atoms with E-state index in [-0.39, 0.29) is 17.8 Å². The van der Waals surface area contributed by atoms with Crippen molar-refractivity contribution in [1.29, 1.82) is 0 Å². The first-order valence-electron chi connectivity index (χ1n) is 5.14. The fourth-order valence-corrected chi connectivity index (χ4v) is 1.78. The van der Waals surface area contributed by atoms with Crippen LogP contribution >= 0.6 is 0 Å². The van der Waals surface area contributed by atoms with Gasteiger partial charge in [0.25, 0.3) is 11.8 Å². The van der Waals surface area contributed by atoms with Gasteiger partial charge in [0.15, 0.2) is 6.29 Å². The van der Waals surface area contributed by atoms with Crippen LogP contribution in [0, 0.1) is 5.41 Å². The maximum atomic E-state index is 12.2. The van der Waals surface area contributed by atoms with Crippen molar-refractivity contribution in [3.63, 3.8) is 0 Å². The van der Waals surface area contributed by atoms with E-state index in [2.05, 4.69) is 16.6 Å². The van der Waals surface area contributed by atoms with Gasteiger partial charge >= 0.3 is 0 Å². The molecule has 0 spiro atoms. The van der Waals surface area contributed by atoms with Gasteiger partial charge in [-0.05, 0) is 6.92 Å². The maximum Gasteiger partial charge on any atom is 0.256 e. The highest BCUT2D eigenvalue weighted by atomic mass is 16.6. The summed E-state index contributed by atoms with van der Waals surface area (Å²) in [5, 5.41) is 3.55. The second-order valence-corrected chi connectivity index (χ2v) is 3.93. The van der Waals surface area contributed by atoms with Crippen LogP contribution in [0.5, 0.6) is 0 Å². The number of oxime groups is 1. The third-order valence-corrected chi connectivity index (χ3v) is 3.03. The summed E-state index contributed by atoms with van der Waals surface area (Å²) in [4.78, 5) is 42.6. The number of carbonyl (C=O) groups excluding carboxylic acids is 3. The Bertz CT molecular complexity index is 431. The van der Waals surface area contributed by atoms with Crippen molar-refractivity contribution < 1.29 is 19.2 Å². The van der Waals surface area contributed by atoms with Crippen molar-refractivity contribution in [2.45, 2.75) is 6.92 Å². The molecule has 0 unspecified atom stereocenters. The zero-order valence-electron chi connectivity index (χ0n) is 10.8. The Morgan fingerprint density at radius 3 is 2.11 bits per heavy atom. The lowest BCUT2D eigenvalue weighted by Gasteiger charge is -2.41. The van der Waals surface area contributed by atoms with Gasteiger partial charge in [-0.2, -0.15) is 0 Å². The standard InChI is InChI=1S/C11H15N3O4/c1-7(12-18-5)11(6-15)9(16)13(3)8(2)14(4)10(11)17/h6H,2H2,1,3-5H3/b12-7-. The zero-order chi connectivity index (χ0) is 14.1. The topological polar surface area (TPSA) is 79.3 Å². The van der Waals surface area contributed by atoms with Crippen molar-refractivity contribution in [2.24, 2.45) is 10.6 Å². The van der Waals surface area contributed by atoms with Crippen LogP contribution in [0.3, 0.4) is 0 Å². The van der Waals surface area contributed by atoms with E-state index in [1.165, 1.54) is 28.1 Å². The molecule has 0 aliphatic carbocycles. The van der Waals surface area contributed by atoms with E-state index < -0.39 is 17.2 Å². The van der Waals surface area contributed by atoms with Crippen molar-refractivity contribution >= 4 is 23.8 Å². The average Bonchev–Trinajstić information content (AvgIpc) is 2.36. The molecule has 18 heavy (non-hydrogen) atoms. The molecule has 1 saturated heterocycles. The fraction of sp³-hybridized carbons (Fsp3) is 0.455. The molecule has 1 aliphatic heterocycles. The maximum absolute atomic E-state index is 12.2. The summed E-state index contributed by atoms with van der Waals surface area (Å²) in [6, 6.07) is 0. The molecule has 1 rings (SSSR count). The second kappa shape index (κ2) is 4.59. The SMILES string of the molecule is C=C1N(C)C(=O)C(C=O)(/C(C)=N\OC)C(=O)N1C. The smallest absolute Gasteiger partial charge is 0.256 e. The predicted molar refractivity (Wildman–Crippen MR) is 63.3 cm³/mol. The molecule has 0 N–H and O–H groups in total. The van der Waals surface area contributed by atoms with Gasteiger partial charge in [0, 0.05) is 14.1 Å². The van der Waals surface area contributed by atoms with Crippen LogP contribution in [0.2, 0.25) is 0 Å². The van der Waals surface area contributed by atoms with Gasteiger partial charge in [-0.25, -0.2) is 0 Å². The summed E-state index contributed by atoms with van der Waals surface area (Å²) in [7, 11) is 4.14. The molecule has 98 valence electrons. The van der Waals surface area contributed by atoms with Crippen LogP contribution in [0.25, 0.3) is 0 Å². The second-order valence-electron chi connectivity index (χ2n) is 3.93. The highest BCUT2D eigenvalue weighted by molar-refractivity contribution is 6.35. The molecule has 0 atom stereocenters. The highest BCUT2D eigenvalue weighted by Gasteiger charge is 2.56. The summed E-state index contributed by atoms with van der Waals surface area (Å²) in [6.07, 6.45) is 0.287. The number of rotatable bonds is 3. The Kier molecular flexibility index (Phi) is 3.54. The monoisotopic (exact) mass is 253 g/mol. The Hall–Kier alpha value is -2.18. The lowest BCUT2D eigenvalue weighted by molar-refractivity contribution is -0.156. The van der Waals surface area contributed by atoms with Crippen molar-refractivity contribution in [3.05, 3.63) is 12.4 Å². The van der Waals surface area contributed by atoms with E-state index in [4.69, 9.17) is 0 Å². The summed E-state index contributed by atoms with van der Waals surface area (Å²) >= 11 is 0. The molecule has 7 heteroatoms. The van der Waals surface area contributed by atoms with Crippen LogP contribution in [-0.2, 0) is 19.2 Å². The van der Waals surface area contributed by atoms with Crippen LogP contribution in [-0.4, -0.2) is 54.8 Å². The predicted octanol–water partition coefficient (Wildman–Crippen LogP) is -0.404. The Morgan fingerprint density at radius 1 is 1.33 bits per heavy atom. The molecule has 0 saturated carbocycles. The molecule has 1 fully saturated rings. The minimum atomic E-state index is -1.97. The van der Waals surface area contributed by atoms with Crippen LogP contribution < -0.4 is 0 Å². The van der Waals surface area contributed by atoms with Crippen molar-refractivity contribution in [3.8, 4) is 0 Å².